The van der Waals surface area contributed by atoms with Crippen molar-refractivity contribution in [2.75, 3.05) is 6.54 Å². The molecule has 2 aromatic rings. The van der Waals surface area contributed by atoms with Crippen molar-refractivity contribution in [3.05, 3.63) is 60.1 Å². The van der Waals surface area contributed by atoms with Gasteiger partial charge in [-0.15, -0.1) is 0 Å². The molecule has 0 unspecified atom stereocenters. The standard InChI is InChI=1S/C24H35NO2/c1-18(2)22-15-24(16-23(27-22)19(3)4,20-9-6-5-7-10-20)12-13-25-17-21-11-8-14-26-21/h5-11,14,18-19,22-23,25H,12-13,15-17H2,1-4H3/t22-,23-/m0/s1. The number of hydrogen-bond acceptors (Lipinski definition) is 3. The summed E-state index contributed by atoms with van der Waals surface area (Å²) >= 11 is 0. The molecule has 1 aromatic carbocycles. The van der Waals surface area contributed by atoms with E-state index in [9.17, 15) is 0 Å². The maximum Gasteiger partial charge on any atom is 0.117 e. The Labute approximate surface area is 164 Å². The highest BCUT2D eigenvalue weighted by Crippen LogP contribution is 2.45. The fraction of sp³-hybridized carbons (Fsp3) is 0.583. The Morgan fingerprint density at radius 2 is 1.63 bits per heavy atom. The summed E-state index contributed by atoms with van der Waals surface area (Å²) < 4.78 is 12.0. The Morgan fingerprint density at radius 1 is 0.963 bits per heavy atom. The third kappa shape index (κ3) is 5.03. The highest BCUT2D eigenvalue weighted by atomic mass is 16.5. The molecule has 148 valence electrons. The number of furan rings is 1. The summed E-state index contributed by atoms with van der Waals surface area (Å²) in [7, 11) is 0. The zero-order valence-electron chi connectivity index (χ0n) is 17.3. The normalized spacial score (nSPS) is 26.0. The van der Waals surface area contributed by atoms with Gasteiger partial charge in [0.15, 0.2) is 0 Å². The molecule has 0 saturated carbocycles. The van der Waals surface area contributed by atoms with E-state index in [4.69, 9.17) is 9.15 Å². The molecule has 1 saturated heterocycles. The van der Waals surface area contributed by atoms with Crippen molar-refractivity contribution >= 4 is 0 Å². The molecule has 2 heterocycles. The lowest BCUT2D eigenvalue weighted by Gasteiger charge is -2.48. The van der Waals surface area contributed by atoms with Crippen molar-refractivity contribution in [1.82, 2.24) is 5.32 Å². The summed E-state index contributed by atoms with van der Waals surface area (Å²) in [4.78, 5) is 0. The smallest absolute Gasteiger partial charge is 0.117 e. The monoisotopic (exact) mass is 369 g/mol. The lowest BCUT2D eigenvalue weighted by molar-refractivity contribution is -0.118. The molecule has 1 aliphatic heterocycles. The van der Waals surface area contributed by atoms with Crippen LogP contribution < -0.4 is 5.32 Å². The largest absolute Gasteiger partial charge is 0.468 e. The van der Waals surface area contributed by atoms with E-state index in [1.165, 1.54) is 5.56 Å². The molecule has 3 heteroatoms. The second-order valence-corrected chi connectivity index (χ2v) is 8.76. The van der Waals surface area contributed by atoms with Crippen LogP contribution in [0.4, 0.5) is 0 Å². The quantitative estimate of drug-likeness (QED) is 0.619. The van der Waals surface area contributed by atoms with Crippen LogP contribution in [-0.2, 0) is 16.7 Å². The Hall–Kier alpha value is -1.58. The van der Waals surface area contributed by atoms with Gasteiger partial charge in [-0.3, -0.25) is 0 Å². The number of hydrogen-bond donors (Lipinski definition) is 1. The highest BCUT2D eigenvalue weighted by Gasteiger charge is 2.43. The predicted octanol–water partition coefficient (Wildman–Crippen LogP) is 5.56. The minimum absolute atomic E-state index is 0.166. The number of ether oxygens (including phenoxy) is 1. The summed E-state index contributed by atoms with van der Waals surface area (Å²) in [6.07, 6.45) is 5.68. The van der Waals surface area contributed by atoms with Crippen molar-refractivity contribution < 1.29 is 9.15 Å². The van der Waals surface area contributed by atoms with Crippen LogP contribution in [0.3, 0.4) is 0 Å². The molecule has 3 rings (SSSR count). The van der Waals surface area contributed by atoms with E-state index >= 15 is 0 Å². The van der Waals surface area contributed by atoms with Crippen molar-refractivity contribution in [3.8, 4) is 0 Å². The minimum atomic E-state index is 0.166. The van der Waals surface area contributed by atoms with E-state index in [1.807, 2.05) is 12.1 Å². The Bertz CT molecular complexity index is 647. The molecule has 0 amide bonds. The Kier molecular flexibility index (Phi) is 6.78. The third-order valence-corrected chi connectivity index (χ3v) is 6.07. The molecule has 1 fully saturated rings. The first-order chi connectivity index (χ1) is 13.0. The fourth-order valence-electron chi connectivity index (χ4n) is 4.29. The van der Waals surface area contributed by atoms with Gasteiger partial charge in [-0.2, -0.15) is 0 Å². The van der Waals surface area contributed by atoms with Gasteiger partial charge < -0.3 is 14.5 Å². The van der Waals surface area contributed by atoms with Crippen LogP contribution in [0, 0.1) is 11.8 Å². The van der Waals surface area contributed by atoms with Crippen LogP contribution in [0.15, 0.2) is 53.1 Å². The van der Waals surface area contributed by atoms with Crippen LogP contribution >= 0.6 is 0 Å². The number of benzene rings is 1. The summed E-state index contributed by atoms with van der Waals surface area (Å²) in [5.74, 6) is 2.06. The third-order valence-electron chi connectivity index (χ3n) is 6.07. The second kappa shape index (κ2) is 9.07. The summed E-state index contributed by atoms with van der Waals surface area (Å²) in [5, 5.41) is 3.58. The maximum atomic E-state index is 6.52. The average molecular weight is 370 g/mol. The molecule has 27 heavy (non-hydrogen) atoms. The first-order valence-electron chi connectivity index (χ1n) is 10.4. The Morgan fingerprint density at radius 3 is 2.19 bits per heavy atom. The van der Waals surface area contributed by atoms with E-state index in [0.717, 1.165) is 38.1 Å². The summed E-state index contributed by atoms with van der Waals surface area (Å²) in [6, 6.07) is 15.1. The zero-order valence-corrected chi connectivity index (χ0v) is 17.3. The van der Waals surface area contributed by atoms with Gasteiger partial charge in [0.05, 0.1) is 25.0 Å². The zero-order chi connectivity index (χ0) is 19.3. The van der Waals surface area contributed by atoms with Gasteiger partial charge in [0.2, 0.25) is 0 Å². The van der Waals surface area contributed by atoms with Crippen LogP contribution in [0.5, 0.6) is 0 Å². The fourth-order valence-corrected chi connectivity index (χ4v) is 4.29. The lowest BCUT2D eigenvalue weighted by Crippen LogP contribution is -2.48. The molecule has 1 N–H and O–H groups in total. The molecule has 1 aromatic heterocycles. The molecule has 0 radical (unpaired) electrons. The predicted molar refractivity (Wildman–Crippen MR) is 111 cm³/mol. The average Bonchev–Trinajstić information content (AvgIpc) is 3.19. The minimum Gasteiger partial charge on any atom is -0.468 e. The van der Waals surface area contributed by atoms with E-state index in [0.29, 0.717) is 24.0 Å². The van der Waals surface area contributed by atoms with Crippen LogP contribution in [0.25, 0.3) is 0 Å². The second-order valence-electron chi connectivity index (χ2n) is 8.76. The first kappa shape index (κ1) is 20.2. The lowest BCUT2D eigenvalue weighted by atomic mass is 9.66. The molecular formula is C24H35NO2. The van der Waals surface area contributed by atoms with Gasteiger partial charge in [-0.25, -0.2) is 0 Å². The first-order valence-corrected chi connectivity index (χ1v) is 10.4. The van der Waals surface area contributed by atoms with Crippen LogP contribution in [-0.4, -0.2) is 18.8 Å². The molecule has 1 aliphatic rings. The topological polar surface area (TPSA) is 34.4 Å². The highest BCUT2D eigenvalue weighted by molar-refractivity contribution is 5.27. The molecule has 0 aliphatic carbocycles. The van der Waals surface area contributed by atoms with E-state index < -0.39 is 0 Å². The van der Waals surface area contributed by atoms with Crippen molar-refractivity contribution in [3.63, 3.8) is 0 Å². The van der Waals surface area contributed by atoms with Gasteiger partial charge in [-0.1, -0.05) is 58.0 Å². The Balaban J connectivity index is 1.78. The van der Waals surface area contributed by atoms with Crippen molar-refractivity contribution in [1.29, 1.82) is 0 Å². The van der Waals surface area contributed by atoms with Gasteiger partial charge >= 0.3 is 0 Å². The van der Waals surface area contributed by atoms with Gasteiger partial charge in [0, 0.05) is 5.41 Å². The summed E-state index contributed by atoms with van der Waals surface area (Å²) in [5.41, 5.74) is 1.63. The van der Waals surface area contributed by atoms with E-state index in [2.05, 4.69) is 63.3 Å². The van der Waals surface area contributed by atoms with Crippen LogP contribution in [0.2, 0.25) is 0 Å². The van der Waals surface area contributed by atoms with Gasteiger partial charge in [-0.05, 0) is 55.3 Å². The van der Waals surface area contributed by atoms with Gasteiger partial charge in [0.25, 0.3) is 0 Å². The molecule has 3 nitrogen and oxygen atoms in total. The van der Waals surface area contributed by atoms with Crippen LogP contribution in [0.1, 0.15) is 58.3 Å². The molecule has 2 atom stereocenters. The molecule has 0 spiro atoms. The molecular weight excluding hydrogens is 334 g/mol. The van der Waals surface area contributed by atoms with Crippen molar-refractivity contribution in [2.24, 2.45) is 11.8 Å². The van der Waals surface area contributed by atoms with Gasteiger partial charge in [0.1, 0.15) is 5.76 Å². The summed E-state index contributed by atoms with van der Waals surface area (Å²) in [6.45, 7) is 10.9. The SMILES string of the molecule is CC(C)[C@@H]1CC(CCNCc2ccco2)(c2ccccc2)C[C@@H](C(C)C)O1. The van der Waals surface area contributed by atoms with E-state index in [-0.39, 0.29) is 5.41 Å². The molecule has 0 bridgehead atoms. The van der Waals surface area contributed by atoms with E-state index in [1.54, 1.807) is 6.26 Å². The number of nitrogens with one attached hydrogen (secondary N) is 1. The maximum absolute atomic E-state index is 6.52. The number of rotatable bonds is 8. The van der Waals surface area contributed by atoms with Crippen molar-refractivity contribution in [2.45, 2.75) is 71.1 Å².